The maximum atomic E-state index is 11.8. The van der Waals surface area contributed by atoms with Crippen LogP contribution >= 0.6 is 0 Å². The molecule has 0 aliphatic rings. The van der Waals surface area contributed by atoms with Gasteiger partial charge in [0.25, 0.3) is 0 Å². The summed E-state index contributed by atoms with van der Waals surface area (Å²) in [4.78, 5) is 0.124. The summed E-state index contributed by atoms with van der Waals surface area (Å²) in [5.41, 5.74) is 1.75. The van der Waals surface area contributed by atoms with Gasteiger partial charge in [-0.25, -0.2) is 8.42 Å². The molecule has 0 unspecified atom stereocenters. The van der Waals surface area contributed by atoms with E-state index in [-0.39, 0.29) is 16.4 Å². The van der Waals surface area contributed by atoms with Crippen LogP contribution in [0.1, 0.15) is 5.56 Å². The van der Waals surface area contributed by atoms with Crippen LogP contribution in [-0.4, -0.2) is 31.0 Å². The highest BCUT2D eigenvalue weighted by Gasteiger charge is 2.12. The van der Waals surface area contributed by atoms with E-state index < -0.39 is 16.4 Å². The summed E-state index contributed by atoms with van der Waals surface area (Å²) < 4.78 is 23.5. The molecule has 0 radical (unpaired) electrons. The number of azo groups is 1. The van der Waals surface area contributed by atoms with Crippen molar-refractivity contribution in [2.45, 2.75) is 11.8 Å². The highest BCUT2D eigenvalue weighted by Crippen LogP contribution is 2.29. The lowest BCUT2D eigenvalue weighted by Gasteiger charge is -2.02. The van der Waals surface area contributed by atoms with Gasteiger partial charge in [-0.15, -0.1) is 5.11 Å². The number of phenolic OH excluding ortho intramolecular Hbond substituents is 1. The van der Waals surface area contributed by atoms with E-state index >= 15 is 0 Å². The second-order valence-corrected chi connectivity index (χ2v) is 6.84. The van der Waals surface area contributed by atoms with Gasteiger partial charge in [-0.3, -0.25) is 0 Å². The Morgan fingerprint density at radius 1 is 1.05 bits per heavy atom. The molecule has 0 spiro atoms. The Morgan fingerprint density at radius 2 is 1.73 bits per heavy atom. The summed E-state index contributed by atoms with van der Waals surface area (Å²) in [5.74, 6) is -0.290. The molecule has 7 heteroatoms. The molecule has 2 aromatic rings. The van der Waals surface area contributed by atoms with Gasteiger partial charge in [0, 0.05) is 0 Å². The maximum absolute atomic E-state index is 11.8. The summed E-state index contributed by atoms with van der Waals surface area (Å²) in [7, 11) is -3.47. The number of aryl methyl sites for hydroxylation is 1. The van der Waals surface area contributed by atoms with E-state index in [1.54, 1.807) is 12.1 Å². The van der Waals surface area contributed by atoms with E-state index in [2.05, 4.69) is 10.2 Å². The first-order valence-electron chi connectivity index (χ1n) is 6.57. The normalized spacial score (nSPS) is 11.9. The average molecular weight is 320 g/mol. The Bertz CT molecular complexity index is 784. The third kappa shape index (κ3) is 3.90. The number of rotatable bonds is 5. The van der Waals surface area contributed by atoms with Crippen molar-refractivity contribution in [2.75, 3.05) is 12.4 Å². The molecule has 0 atom stereocenters. The van der Waals surface area contributed by atoms with E-state index in [4.69, 9.17) is 5.11 Å². The molecule has 0 saturated heterocycles. The van der Waals surface area contributed by atoms with Gasteiger partial charge in [0.05, 0.1) is 22.9 Å². The van der Waals surface area contributed by atoms with Gasteiger partial charge in [0.2, 0.25) is 0 Å². The molecular formula is C15H16N2O4S. The van der Waals surface area contributed by atoms with Gasteiger partial charge in [-0.05, 0) is 48.9 Å². The first kappa shape index (κ1) is 16.1. The van der Waals surface area contributed by atoms with Gasteiger partial charge < -0.3 is 10.2 Å². The predicted molar refractivity (Wildman–Crippen MR) is 82.6 cm³/mol. The zero-order chi connectivity index (χ0) is 16.2. The molecule has 0 amide bonds. The molecule has 6 nitrogen and oxygen atoms in total. The number of hydrogen-bond donors (Lipinski definition) is 2. The number of aromatic hydroxyl groups is 1. The highest BCUT2D eigenvalue weighted by atomic mass is 32.2. The molecule has 2 N–H and O–H groups in total. The molecule has 2 aromatic carbocycles. The van der Waals surface area contributed by atoms with Crippen molar-refractivity contribution in [2.24, 2.45) is 10.2 Å². The van der Waals surface area contributed by atoms with Crippen molar-refractivity contribution in [3.63, 3.8) is 0 Å². The fourth-order valence-corrected chi connectivity index (χ4v) is 2.81. The number of hydrogen-bond acceptors (Lipinski definition) is 6. The quantitative estimate of drug-likeness (QED) is 0.827. The highest BCUT2D eigenvalue weighted by molar-refractivity contribution is 7.91. The van der Waals surface area contributed by atoms with Crippen molar-refractivity contribution >= 4 is 21.2 Å². The second-order valence-electron chi connectivity index (χ2n) is 4.73. The lowest BCUT2D eigenvalue weighted by molar-refractivity contribution is 0.319. The number of benzene rings is 2. The van der Waals surface area contributed by atoms with Crippen LogP contribution in [0.5, 0.6) is 5.75 Å². The van der Waals surface area contributed by atoms with Crippen molar-refractivity contribution in [1.29, 1.82) is 0 Å². The maximum Gasteiger partial charge on any atom is 0.180 e. The Kier molecular flexibility index (Phi) is 4.89. The standard InChI is InChI=1S/C15H16N2O4S/c1-11-2-7-15(19)14(10-11)17-16-12-3-5-13(6-4-12)22(20,21)9-8-18/h2-7,10,18-19H,8-9H2,1H3. The van der Waals surface area contributed by atoms with Gasteiger partial charge in [0.15, 0.2) is 9.84 Å². The SMILES string of the molecule is Cc1ccc(O)c(N=Nc2ccc(S(=O)(=O)CCO)cc2)c1. The number of phenols is 1. The monoisotopic (exact) mass is 320 g/mol. The molecule has 0 aliphatic carbocycles. The number of sulfone groups is 1. The number of aliphatic hydroxyl groups is 1. The molecule has 0 aliphatic heterocycles. The van der Waals surface area contributed by atoms with Crippen LogP contribution < -0.4 is 0 Å². The van der Waals surface area contributed by atoms with Crippen molar-refractivity contribution in [1.82, 2.24) is 0 Å². The van der Waals surface area contributed by atoms with Gasteiger partial charge in [-0.1, -0.05) is 6.07 Å². The summed E-state index contributed by atoms with van der Waals surface area (Å²) in [5, 5.41) is 26.3. The third-order valence-corrected chi connectivity index (χ3v) is 4.67. The van der Waals surface area contributed by atoms with Crippen LogP contribution in [0.2, 0.25) is 0 Å². The van der Waals surface area contributed by atoms with Crippen LogP contribution in [-0.2, 0) is 9.84 Å². The van der Waals surface area contributed by atoms with E-state index in [0.29, 0.717) is 11.4 Å². The van der Waals surface area contributed by atoms with E-state index in [0.717, 1.165) is 5.56 Å². The van der Waals surface area contributed by atoms with Crippen molar-refractivity contribution in [3.8, 4) is 5.75 Å². The first-order chi connectivity index (χ1) is 10.4. The van der Waals surface area contributed by atoms with Crippen molar-refractivity contribution in [3.05, 3.63) is 48.0 Å². The smallest absolute Gasteiger partial charge is 0.180 e. The number of aliphatic hydroxyl groups excluding tert-OH is 1. The predicted octanol–water partition coefficient (Wildman–Crippen LogP) is 2.88. The van der Waals surface area contributed by atoms with Crippen molar-refractivity contribution < 1.29 is 18.6 Å². The Hall–Kier alpha value is -2.25. The van der Waals surface area contributed by atoms with E-state index in [9.17, 15) is 13.5 Å². The molecule has 0 saturated carbocycles. The van der Waals surface area contributed by atoms with Crippen LogP contribution in [0.25, 0.3) is 0 Å². The minimum atomic E-state index is -3.47. The summed E-state index contributed by atoms with van der Waals surface area (Å²) in [6.45, 7) is 1.45. The summed E-state index contributed by atoms with van der Waals surface area (Å²) in [6, 6.07) is 10.8. The minimum Gasteiger partial charge on any atom is -0.506 e. The fraction of sp³-hybridized carbons (Fsp3) is 0.200. The topological polar surface area (TPSA) is 99.3 Å². The minimum absolute atomic E-state index is 0.0245. The fourth-order valence-electron chi connectivity index (χ4n) is 1.78. The average Bonchev–Trinajstić information content (AvgIpc) is 2.48. The molecule has 0 fully saturated rings. The van der Waals surface area contributed by atoms with Crippen LogP contribution in [0.4, 0.5) is 11.4 Å². The Labute approximate surface area is 128 Å². The van der Waals surface area contributed by atoms with E-state index in [1.165, 1.54) is 30.3 Å². The van der Waals surface area contributed by atoms with E-state index in [1.807, 2.05) is 6.92 Å². The molecule has 22 heavy (non-hydrogen) atoms. The zero-order valence-electron chi connectivity index (χ0n) is 12.0. The van der Waals surface area contributed by atoms with Crippen LogP contribution in [0, 0.1) is 6.92 Å². The molecule has 2 rings (SSSR count). The van der Waals surface area contributed by atoms with Gasteiger partial charge in [0.1, 0.15) is 11.4 Å². The first-order valence-corrected chi connectivity index (χ1v) is 8.22. The largest absolute Gasteiger partial charge is 0.506 e. The van der Waals surface area contributed by atoms with Crippen LogP contribution in [0.3, 0.4) is 0 Å². The lowest BCUT2D eigenvalue weighted by atomic mass is 10.2. The number of nitrogens with zero attached hydrogens (tertiary/aromatic N) is 2. The summed E-state index contributed by atoms with van der Waals surface area (Å²) >= 11 is 0. The molecule has 0 heterocycles. The Morgan fingerprint density at radius 3 is 2.36 bits per heavy atom. The van der Waals surface area contributed by atoms with Gasteiger partial charge in [-0.2, -0.15) is 5.11 Å². The molecule has 0 aromatic heterocycles. The van der Waals surface area contributed by atoms with Gasteiger partial charge >= 0.3 is 0 Å². The molecule has 0 bridgehead atoms. The Balaban J connectivity index is 2.21. The summed E-state index contributed by atoms with van der Waals surface area (Å²) in [6.07, 6.45) is 0. The zero-order valence-corrected chi connectivity index (χ0v) is 12.8. The lowest BCUT2D eigenvalue weighted by Crippen LogP contribution is -2.09. The third-order valence-electron chi connectivity index (χ3n) is 2.96. The second kappa shape index (κ2) is 6.67. The molecule has 116 valence electrons. The molecular weight excluding hydrogens is 304 g/mol. The van der Waals surface area contributed by atoms with Crippen LogP contribution in [0.15, 0.2) is 57.6 Å².